The van der Waals surface area contributed by atoms with Crippen molar-refractivity contribution >= 4 is 0 Å². The van der Waals surface area contributed by atoms with Crippen molar-refractivity contribution in [3.05, 3.63) is 23.3 Å². The molecule has 0 radical (unpaired) electrons. The molecular formula is C10H11F2NO2. The summed E-state index contributed by atoms with van der Waals surface area (Å²) in [7, 11) is 0. The highest BCUT2D eigenvalue weighted by Crippen LogP contribution is 2.36. The highest BCUT2D eigenvalue weighted by molar-refractivity contribution is 5.41. The molecule has 1 aliphatic rings. The van der Waals surface area contributed by atoms with Crippen LogP contribution in [0.2, 0.25) is 0 Å². The second kappa shape index (κ2) is 3.66. The lowest BCUT2D eigenvalue weighted by atomic mass is 10.0. The van der Waals surface area contributed by atoms with E-state index in [0.29, 0.717) is 19.0 Å². The minimum Gasteiger partial charge on any atom is -0.505 e. The molecule has 1 saturated heterocycles. The number of benzene rings is 1. The summed E-state index contributed by atoms with van der Waals surface area (Å²) in [5.74, 6) is -3.44. The maximum atomic E-state index is 13.5. The molecule has 82 valence electrons. The molecule has 0 aromatic heterocycles. The van der Waals surface area contributed by atoms with Gasteiger partial charge in [0.05, 0.1) is 0 Å². The minimum atomic E-state index is -0.996. The Bertz CT molecular complexity index is 363. The largest absolute Gasteiger partial charge is 0.505 e. The Balaban J connectivity index is 2.52. The van der Waals surface area contributed by atoms with Crippen LogP contribution in [0, 0.1) is 11.6 Å². The quantitative estimate of drug-likeness (QED) is 0.669. The van der Waals surface area contributed by atoms with Gasteiger partial charge in [-0.05, 0) is 19.4 Å². The molecule has 0 saturated carbocycles. The Morgan fingerprint density at radius 3 is 2.27 bits per heavy atom. The molecular weight excluding hydrogens is 204 g/mol. The van der Waals surface area contributed by atoms with Crippen molar-refractivity contribution in [2.75, 3.05) is 6.54 Å². The smallest absolute Gasteiger partial charge is 0.172 e. The van der Waals surface area contributed by atoms with Crippen LogP contribution in [0.15, 0.2) is 6.07 Å². The van der Waals surface area contributed by atoms with Crippen LogP contribution < -0.4 is 5.32 Å². The predicted molar refractivity (Wildman–Crippen MR) is 49.7 cm³/mol. The number of hydrogen-bond donors (Lipinski definition) is 3. The zero-order valence-electron chi connectivity index (χ0n) is 7.93. The van der Waals surface area contributed by atoms with Crippen molar-refractivity contribution in [2.45, 2.75) is 18.9 Å². The number of nitrogens with one attached hydrogen (secondary N) is 1. The van der Waals surface area contributed by atoms with Crippen molar-refractivity contribution in [3.63, 3.8) is 0 Å². The predicted octanol–water partition coefficient (Wildman–Crippen LogP) is 1.80. The number of hydrogen-bond acceptors (Lipinski definition) is 3. The first kappa shape index (κ1) is 10.2. The molecule has 2 rings (SSSR count). The first-order valence-corrected chi connectivity index (χ1v) is 4.74. The Hall–Kier alpha value is -1.36. The summed E-state index contributed by atoms with van der Waals surface area (Å²) in [6, 6.07) is 0.200. The van der Waals surface area contributed by atoms with Crippen LogP contribution in [0.3, 0.4) is 0 Å². The van der Waals surface area contributed by atoms with Gasteiger partial charge in [0.15, 0.2) is 23.1 Å². The van der Waals surface area contributed by atoms with Crippen LogP contribution in [0.25, 0.3) is 0 Å². The van der Waals surface area contributed by atoms with Crippen LogP contribution in [0.4, 0.5) is 8.78 Å². The summed E-state index contributed by atoms with van der Waals surface area (Å²) < 4.78 is 26.9. The molecule has 1 aliphatic heterocycles. The third-order valence-corrected chi connectivity index (χ3v) is 2.60. The average molecular weight is 215 g/mol. The summed E-state index contributed by atoms with van der Waals surface area (Å²) in [5.41, 5.74) is -0.273. The molecule has 0 spiro atoms. The molecule has 1 fully saturated rings. The number of phenolic OH excluding ortho intramolecular Hbond substituents is 2. The number of phenols is 2. The molecule has 3 N–H and O–H groups in total. The fourth-order valence-corrected chi connectivity index (χ4v) is 1.87. The Labute approximate surface area is 85.4 Å². The van der Waals surface area contributed by atoms with Crippen LogP contribution in [0.5, 0.6) is 11.5 Å². The van der Waals surface area contributed by atoms with E-state index >= 15 is 0 Å². The molecule has 1 aromatic carbocycles. The van der Waals surface area contributed by atoms with Gasteiger partial charge in [-0.3, -0.25) is 0 Å². The molecule has 1 atom stereocenters. The fraction of sp³-hybridized carbons (Fsp3) is 0.400. The van der Waals surface area contributed by atoms with E-state index in [4.69, 9.17) is 10.2 Å². The average Bonchev–Trinajstić information content (AvgIpc) is 2.69. The zero-order valence-corrected chi connectivity index (χ0v) is 7.93. The second-order valence-corrected chi connectivity index (χ2v) is 3.61. The highest BCUT2D eigenvalue weighted by Gasteiger charge is 2.27. The number of aromatic hydroxyl groups is 2. The maximum Gasteiger partial charge on any atom is 0.172 e. The molecule has 0 amide bonds. The van der Waals surface area contributed by atoms with Crippen LogP contribution in [-0.4, -0.2) is 16.8 Å². The SMILES string of the molecule is Oc1cc(O)c(F)c(C2CCCN2)c1F. The molecule has 15 heavy (non-hydrogen) atoms. The molecule has 0 bridgehead atoms. The Morgan fingerprint density at radius 1 is 1.20 bits per heavy atom. The van der Waals surface area contributed by atoms with Gasteiger partial charge < -0.3 is 15.5 Å². The van der Waals surface area contributed by atoms with E-state index < -0.39 is 29.2 Å². The zero-order chi connectivity index (χ0) is 11.0. The van der Waals surface area contributed by atoms with Gasteiger partial charge in [0.2, 0.25) is 0 Å². The topological polar surface area (TPSA) is 52.5 Å². The fourth-order valence-electron chi connectivity index (χ4n) is 1.87. The lowest BCUT2D eigenvalue weighted by Crippen LogP contribution is -2.16. The summed E-state index contributed by atoms with van der Waals surface area (Å²) in [6.07, 6.45) is 1.41. The van der Waals surface area contributed by atoms with Crippen molar-refractivity contribution in [2.24, 2.45) is 0 Å². The molecule has 1 unspecified atom stereocenters. The van der Waals surface area contributed by atoms with E-state index in [0.717, 1.165) is 6.42 Å². The second-order valence-electron chi connectivity index (χ2n) is 3.61. The van der Waals surface area contributed by atoms with Crippen molar-refractivity contribution in [3.8, 4) is 11.5 Å². The van der Waals surface area contributed by atoms with Crippen LogP contribution in [-0.2, 0) is 0 Å². The van der Waals surface area contributed by atoms with Gasteiger partial charge in [0, 0.05) is 17.7 Å². The van der Waals surface area contributed by atoms with E-state index in [2.05, 4.69) is 5.32 Å². The Kier molecular flexibility index (Phi) is 2.48. The molecule has 0 aliphatic carbocycles. The van der Waals surface area contributed by atoms with Gasteiger partial charge in [-0.15, -0.1) is 0 Å². The third-order valence-electron chi connectivity index (χ3n) is 2.60. The molecule has 5 heteroatoms. The first-order valence-electron chi connectivity index (χ1n) is 4.74. The van der Waals surface area contributed by atoms with E-state index in [1.54, 1.807) is 0 Å². The van der Waals surface area contributed by atoms with E-state index in [-0.39, 0.29) is 5.56 Å². The first-order chi connectivity index (χ1) is 7.11. The van der Waals surface area contributed by atoms with Crippen molar-refractivity contribution in [1.82, 2.24) is 5.32 Å². The summed E-state index contributed by atoms with van der Waals surface area (Å²) in [6.45, 7) is 0.681. The maximum absolute atomic E-state index is 13.5. The van der Waals surface area contributed by atoms with Gasteiger partial charge >= 0.3 is 0 Å². The van der Waals surface area contributed by atoms with Gasteiger partial charge in [0.25, 0.3) is 0 Å². The van der Waals surface area contributed by atoms with E-state index in [1.165, 1.54) is 0 Å². The van der Waals surface area contributed by atoms with Crippen LogP contribution in [0.1, 0.15) is 24.4 Å². The molecule has 3 nitrogen and oxygen atoms in total. The van der Waals surface area contributed by atoms with Crippen molar-refractivity contribution in [1.29, 1.82) is 0 Å². The van der Waals surface area contributed by atoms with E-state index in [1.807, 2.05) is 0 Å². The Morgan fingerprint density at radius 2 is 1.80 bits per heavy atom. The van der Waals surface area contributed by atoms with Crippen molar-refractivity contribution < 1.29 is 19.0 Å². The monoisotopic (exact) mass is 215 g/mol. The lowest BCUT2D eigenvalue weighted by molar-refractivity contribution is 0.381. The summed E-state index contributed by atoms with van der Waals surface area (Å²) >= 11 is 0. The molecule has 1 aromatic rings. The minimum absolute atomic E-state index is 0.273. The van der Waals surface area contributed by atoms with Crippen LogP contribution >= 0.6 is 0 Å². The summed E-state index contributed by atoms with van der Waals surface area (Å²) in [4.78, 5) is 0. The normalized spacial score (nSPS) is 20.8. The third kappa shape index (κ3) is 1.63. The highest BCUT2D eigenvalue weighted by atomic mass is 19.1. The lowest BCUT2D eigenvalue weighted by Gasteiger charge is -2.14. The standard InChI is InChI=1S/C10H11F2NO2/c11-9-6(14)4-7(15)10(12)8(9)5-2-1-3-13-5/h4-5,13-15H,1-3H2. The van der Waals surface area contributed by atoms with Gasteiger partial charge in [-0.1, -0.05) is 0 Å². The summed E-state index contributed by atoms with van der Waals surface area (Å²) in [5, 5.41) is 21.2. The van der Waals surface area contributed by atoms with Gasteiger partial charge in [0.1, 0.15) is 0 Å². The van der Waals surface area contributed by atoms with E-state index in [9.17, 15) is 8.78 Å². The van der Waals surface area contributed by atoms with Gasteiger partial charge in [-0.2, -0.15) is 0 Å². The van der Waals surface area contributed by atoms with Gasteiger partial charge in [-0.25, -0.2) is 8.78 Å². The number of halogens is 2. The number of rotatable bonds is 1. The molecule has 1 heterocycles.